The smallest absolute Gasteiger partial charge is 0.124 e. The number of hydrogen-bond donors (Lipinski definition) is 1. The monoisotopic (exact) mass is 279 g/mol. The molecule has 0 bridgehead atoms. The molecular formula is C16H25NO3. The Kier molecular flexibility index (Phi) is 5.26. The van der Waals surface area contributed by atoms with Crippen LogP contribution >= 0.6 is 0 Å². The van der Waals surface area contributed by atoms with Crippen molar-refractivity contribution in [2.45, 2.75) is 38.8 Å². The van der Waals surface area contributed by atoms with Gasteiger partial charge in [-0.05, 0) is 32.8 Å². The number of phenolic OH excluding ortho intramolecular Hbond substituents is 1. The molecule has 1 aliphatic rings. The molecule has 1 saturated heterocycles. The van der Waals surface area contributed by atoms with Crippen molar-refractivity contribution in [1.82, 2.24) is 4.90 Å². The molecule has 0 aliphatic carbocycles. The average molecular weight is 279 g/mol. The van der Waals surface area contributed by atoms with Gasteiger partial charge in [0.05, 0.1) is 13.2 Å². The lowest BCUT2D eigenvalue weighted by atomic mass is 10.0. The summed E-state index contributed by atoms with van der Waals surface area (Å²) in [7, 11) is 1.61. The maximum Gasteiger partial charge on any atom is 0.124 e. The SMILES string of the molecule is CCOC1CCN(C(C)c2ccc(OC)cc2O)CC1. The quantitative estimate of drug-likeness (QED) is 0.900. The lowest BCUT2D eigenvalue weighted by Gasteiger charge is -2.36. The Balaban J connectivity index is 2.00. The van der Waals surface area contributed by atoms with E-state index in [0.717, 1.165) is 38.1 Å². The van der Waals surface area contributed by atoms with Crippen molar-refractivity contribution >= 4 is 0 Å². The normalized spacial score (nSPS) is 18.9. The molecule has 112 valence electrons. The summed E-state index contributed by atoms with van der Waals surface area (Å²) in [4.78, 5) is 2.40. The number of piperidine rings is 1. The molecule has 0 radical (unpaired) electrons. The highest BCUT2D eigenvalue weighted by Crippen LogP contribution is 2.33. The lowest BCUT2D eigenvalue weighted by molar-refractivity contribution is 0.00536. The Labute approximate surface area is 121 Å². The molecule has 1 fully saturated rings. The highest BCUT2D eigenvalue weighted by molar-refractivity contribution is 5.41. The average Bonchev–Trinajstić information content (AvgIpc) is 2.47. The molecule has 20 heavy (non-hydrogen) atoms. The highest BCUT2D eigenvalue weighted by Gasteiger charge is 2.25. The van der Waals surface area contributed by atoms with E-state index in [-0.39, 0.29) is 6.04 Å². The molecule has 0 amide bonds. The number of benzene rings is 1. The topological polar surface area (TPSA) is 41.9 Å². The van der Waals surface area contributed by atoms with E-state index in [1.807, 2.05) is 19.1 Å². The number of aromatic hydroxyl groups is 1. The molecule has 1 aliphatic heterocycles. The predicted molar refractivity (Wildman–Crippen MR) is 79.3 cm³/mol. The Hall–Kier alpha value is -1.26. The van der Waals surface area contributed by atoms with E-state index < -0.39 is 0 Å². The summed E-state index contributed by atoms with van der Waals surface area (Å²) in [6, 6.07) is 5.74. The van der Waals surface area contributed by atoms with Gasteiger partial charge in [0.1, 0.15) is 11.5 Å². The number of methoxy groups -OCH3 is 1. The molecule has 4 heteroatoms. The number of rotatable bonds is 5. The van der Waals surface area contributed by atoms with Crippen LogP contribution in [0.1, 0.15) is 38.3 Å². The first-order chi connectivity index (χ1) is 9.65. The largest absolute Gasteiger partial charge is 0.507 e. The van der Waals surface area contributed by atoms with Crippen molar-refractivity contribution in [2.75, 3.05) is 26.8 Å². The summed E-state index contributed by atoms with van der Waals surface area (Å²) in [6.45, 7) is 7.00. The zero-order valence-corrected chi connectivity index (χ0v) is 12.6. The first-order valence-corrected chi connectivity index (χ1v) is 7.38. The molecule has 1 unspecified atom stereocenters. The molecule has 2 rings (SSSR count). The lowest BCUT2D eigenvalue weighted by Crippen LogP contribution is -2.38. The summed E-state index contributed by atoms with van der Waals surface area (Å²) in [5.41, 5.74) is 0.959. The highest BCUT2D eigenvalue weighted by atomic mass is 16.5. The van der Waals surface area contributed by atoms with Crippen LogP contribution in [0.4, 0.5) is 0 Å². The second-order valence-electron chi connectivity index (χ2n) is 5.29. The van der Waals surface area contributed by atoms with E-state index in [2.05, 4.69) is 11.8 Å². The Morgan fingerprint density at radius 2 is 2.05 bits per heavy atom. The van der Waals surface area contributed by atoms with Crippen LogP contribution in [0.5, 0.6) is 11.5 Å². The summed E-state index contributed by atoms with van der Waals surface area (Å²) < 4.78 is 10.8. The van der Waals surface area contributed by atoms with Crippen molar-refractivity contribution in [3.8, 4) is 11.5 Å². The maximum atomic E-state index is 10.1. The van der Waals surface area contributed by atoms with Gasteiger partial charge < -0.3 is 14.6 Å². The van der Waals surface area contributed by atoms with Gasteiger partial charge in [-0.3, -0.25) is 4.90 Å². The molecule has 4 nitrogen and oxygen atoms in total. The standard InChI is InChI=1S/C16H25NO3/c1-4-20-13-7-9-17(10-8-13)12(2)15-6-5-14(19-3)11-16(15)18/h5-6,11-13,18H,4,7-10H2,1-3H3. The van der Waals surface area contributed by atoms with Gasteiger partial charge in [-0.15, -0.1) is 0 Å². The third-order valence-corrected chi connectivity index (χ3v) is 4.11. The Morgan fingerprint density at radius 1 is 1.35 bits per heavy atom. The summed E-state index contributed by atoms with van der Waals surface area (Å²) in [5, 5.41) is 10.1. The van der Waals surface area contributed by atoms with E-state index in [4.69, 9.17) is 9.47 Å². The third kappa shape index (κ3) is 3.44. The summed E-state index contributed by atoms with van der Waals surface area (Å²) in [6.07, 6.45) is 2.53. The van der Waals surface area contributed by atoms with Crippen LogP contribution < -0.4 is 4.74 Å². The number of hydrogen-bond acceptors (Lipinski definition) is 4. The van der Waals surface area contributed by atoms with Crippen molar-refractivity contribution in [3.63, 3.8) is 0 Å². The summed E-state index contributed by atoms with van der Waals surface area (Å²) in [5.74, 6) is 0.997. The van der Waals surface area contributed by atoms with Gasteiger partial charge in [-0.2, -0.15) is 0 Å². The van der Waals surface area contributed by atoms with Gasteiger partial charge in [-0.25, -0.2) is 0 Å². The number of ether oxygens (including phenoxy) is 2. The molecule has 1 aromatic carbocycles. The molecule has 1 heterocycles. The molecule has 1 N–H and O–H groups in total. The molecular weight excluding hydrogens is 254 g/mol. The molecule has 1 aromatic rings. The van der Waals surface area contributed by atoms with Crippen LogP contribution in [0.3, 0.4) is 0 Å². The number of phenols is 1. The minimum absolute atomic E-state index is 0.212. The van der Waals surface area contributed by atoms with Crippen LogP contribution in [0.25, 0.3) is 0 Å². The van der Waals surface area contributed by atoms with Crippen molar-refractivity contribution in [1.29, 1.82) is 0 Å². The predicted octanol–water partition coefficient (Wildman–Crippen LogP) is 2.96. The van der Waals surface area contributed by atoms with E-state index in [0.29, 0.717) is 17.6 Å². The first-order valence-electron chi connectivity index (χ1n) is 7.38. The van der Waals surface area contributed by atoms with Crippen molar-refractivity contribution in [2.24, 2.45) is 0 Å². The Morgan fingerprint density at radius 3 is 2.60 bits per heavy atom. The van der Waals surface area contributed by atoms with Gasteiger partial charge in [0.25, 0.3) is 0 Å². The van der Waals surface area contributed by atoms with Crippen LogP contribution in [0, 0.1) is 0 Å². The van der Waals surface area contributed by atoms with Gasteiger partial charge in [0.15, 0.2) is 0 Å². The van der Waals surface area contributed by atoms with Gasteiger partial charge in [-0.1, -0.05) is 6.07 Å². The Bertz CT molecular complexity index is 428. The third-order valence-electron chi connectivity index (χ3n) is 4.11. The van der Waals surface area contributed by atoms with Gasteiger partial charge >= 0.3 is 0 Å². The molecule has 0 aromatic heterocycles. The van der Waals surface area contributed by atoms with Crippen molar-refractivity contribution in [3.05, 3.63) is 23.8 Å². The second kappa shape index (κ2) is 6.95. The minimum Gasteiger partial charge on any atom is -0.507 e. The fourth-order valence-corrected chi connectivity index (χ4v) is 2.87. The first kappa shape index (κ1) is 15.1. The van der Waals surface area contributed by atoms with Crippen LogP contribution in [-0.4, -0.2) is 42.9 Å². The van der Waals surface area contributed by atoms with Crippen LogP contribution in [-0.2, 0) is 4.74 Å². The van der Waals surface area contributed by atoms with E-state index in [9.17, 15) is 5.11 Å². The molecule has 1 atom stereocenters. The van der Waals surface area contributed by atoms with E-state index in [1.54, 1.807) is 13.2 Å². The minimum atomic E-state index is 0.212. The van der Waals surface area contributed by atoms with E-state index in [1.165, 1.54) is 0 Å². The zero-order valence-electron chi connectivity index (χ0n) is 12.6. The fraction of sp³-hybridized carbons (Fsp3) is 0.625. The maximum absolute atomic E-state index is 10.1. The van der Waals surface area contributed by atoms with Crippen LogP contribution in [0.2, 0.25) is 0 Å². The van der Waals surface area contributed by atoms with E-state index >= 15 is 0 Å². The number of likely N-dealkylation sites (tertiary alicyclic amines) is 1. The van der Waals surface area contributed by atoms with Crippen molar-refractivity contribution < 1.29 is 14.6 Å². The zero-order chi connectivity index (χ0) is 14.5. The molecule has 0 spiro atoms. The van der Waals surface area contributed by atoms with Gasteiger partial charge in [0, 0.05) is 37.4 Å². The number of nitrogens with zero attached hydrogens (tertiary/aromatic N) is 1. The fourth-order valence-electron chi connectivity index (χ4n) is 2.87. The van der Waals surface area contributed by atoms with Crippen LogP contribution in [0.15, 0.2) is 18.2 Å². The molecule has 0 saturated carbocycles. The van der Waals surface area contributed by atoms with Gasteiger partial charge in [0.2, 0.25) is 0 Å². The second-order valence-corrected chi connectivity index (χ2v) is 5.29. The summed E-state index contributed by atoms with van der Waals surface area (Å²) >= 11 is 0.